The highest BCUT2D eigenvalue weighted by molar-refractivity contribution is 5.96. The first-order valence-corrected chi connectivity index (χ1v) is 11.8. The second-order valence-electron chi connectivity index (χ2n) is 9.33. The Balaban J connectivity index is 1.20. The summed E-state index contributed by atoms with van der Waals surface area (Å²) >= 11 is 0. The first-order chi connectivity index (χ1) is 17.4. The van der Waals surface area contributed by atoms with E-state index < -0.39 is 12.0 Å². The number of carbonyl (C=O) groups excluding carboxylic acids is 2. The first-order valence-electron chi connectivity index (χ1n) is 11.8. The molecule has 6 rings (SSSR count). The van der Waals surface area contributed by atoms with Gasteiger partial charge < -0.3 is 19.7 Å². The molecule has 3 aliphatic heterocycles. The van der Waals surface area contributed by atoms with Gasteiger partial charge in [-0.3, -0.25) is 14.6 Å². The summed E-state index contributed by atoms with van der Waals surface area (Å²) in [4.78, 5) is 28.2. The molecule has 1 fully saturated rings. The third kappa shape index (κ3) is 4.11. The highest BCUT2D eigenvalue weighted by Gasteiger charge is 2.46. The fraction of sp³-hybridized carbons (Fsp3) is 0.259. The number of nitrogens with zero attached hydrogens (tertiary/aromatic N) is 2. The van der Waals surface area contributed by atoms with Gasteiger partial charge in [-0.25, -0.2) is 9.82 Å². The van der Waals surface area contributed by atoms with E-state index in [1.54, 1.807) is 24.3 Å². The summed E-state index contributed by atoms with van der Waals surface area (Å²) in [5.74, 6) is -0.175. The number of carbonyl (C=O) groups is 2. The predicted octanol–water partition coefficient (Wildman–Crippen LogP) is 3.53. The molecule has 2 N–H and O–H groups in total. The number of rotatable bonds is 5. The summed E-state index contributed by atoms with van der Waals surface area (Å²) in [6.45, 7) is 3.06. The van der Waals surface area contributed by atoms with Gasteiger partial charge in [-0.2, -0.15) is 0 Å². The maximum absolute atomic E-state index is 14.3. The van der Waals surface area contributed by atoms with Crippen molar-refractivity contribution >= 4 is 23.2 Å². The molecule has 9 heteroatoms. The molecule has 0 saturated carbocycles. The van der Waals surface area contributed by atoms with Gasteiger partial charge >= 0.3 is 0 Å². The number of amides is 2. The molecule has 36 heavy (non-hydrogen) atoms. The summed E-state index contributed by atoms with van der Waals surface area (Å²) in [6.07, 6.45) is 0. The lowest BCUT2D eigenvalue weighted by Gasteiger charge is -2.36. The van der Waals surface area contributed by atoms with Crippen LogP contribution in [0.5, 0.6) is 11.5 Å². The molecule has 2 atom stereocenters. The van der Waals surface area contributed by atoms with Gasteiger partial charge in [-0.05, 0) is 48.4 Å². The number of halogens is 1. The highest BCUT2D eigenvalue weighted by atomic mass is 19.1. The van der Waals surface area contributed by atoms with Gasteiger partial charge in [0.25, 0.3) is 0 Å². The van der Waals surface area contributed by atoms with Crippen LogP contribution in [0.4, 0.5) is 15.8 Å². The fourth-order valence-electron chi connectivity index (χ4n) is 5.15. The van der Waals surface area contributed by atoms with E-state index in [9.17, 15) is 14.0 Å². The van der Waals surface area contributed by atoms with Crippen molar-refractivity contribution in [2.75, 3.05) is 30.1 Å². The summed E-state index contributed by atoms with van der Waals surface area (Å²) in [5, 5.41) is 4.13. The monoisotopic (exact) mass is 488 g/mol. The van der Waals surface area contributed by atoms with E-state index in [4.69, 9.17) is 9.47 Å². The minimum Gasteiger partial charge on any atom is -0.454 e. The van der Waals surface area contributed by atoms with Crippen LogP contribution < -0.4 is 25.1 Å². The van der Waals surface area contributed by atoms with Crippen LogP contribution in [-0.2, 0) is 16.1 Å². The number of anilines is 2. The lowest BCUT2D eigenvalue weighted by atomic mass is 9.87. The van der Waals surface area contributed by atoms with Crippen LogP contribution in [-0.4, -0.2) is 36.7 Å². The Morgan fingerprint density at radius 3 is 2.83 bits per heavy atom. The average Bonchev–Trinajstić information content (AvgIpc) is 3.43. The average molecular weight is 489 g/mol. The molecule has 3 aromatic rings. The zero-order valence-corrected chi connectivity index (χ0v) is 19.7. The minimum absolute atomic E-state index is 0.144. The largest absolute Gasteiger partial charge is 0.454 e. The van der Waals surface area contributed by atoms with Gasteiger partial charge in [0.05, 0.1) is 12.0 Å². The molecule has 3 heterocycles. The van der Waals surface area contributed by atoms with Crippen molar-refractivity contribution in [3.05, 3.63) is 83.2 Å². The SMILES string of the molecule is Cc1cccc(CN2CC3C(=O)N(CC(=O)Nc4ccc5c(c4)OCO5)NC3c3cc(F)ccc32)c1. The first kappa shape index (κ1) is 22.4. The molecule has 3 aliphatic rings. The van der Waals surface area contributed by atoms with Gasteiger partial charge in [-0.1, -0.05) is 29.8 Å². The Labute approximate surface area is 207 Å². The van der Waals surface area contributed by atoms with Crippen molar-refractivity contribution in [3.8, 4) is 11.5 Å². The van der Waals surface area contributed by atoms with Crippen molar-refractivity contribution in [2.24, 2.45) is 5.92 Å². The maximum Gasteiger partial charge on any atom is 0.245 e. The lowest BCUT2D eigenvalue weighted by molar-refractivity contribution is -0.135. The smallest absolute Gasteiger partial charge is 0.245 e. The molecule has 8 nitrogen and oxygen atoms in total. The van der Waals surface area contributed by atoms with Crippen LogP contribution in [0.3, 0.4) is 0 Å². The minimum atomic E-state index is -0.442. The third-order valence-electron chi connectivity index (χ3n) is 6.78. The normalized spacial score (nSPS) is 19.8. The van der Waals surface area contributed by atoms with Crippen molar-refractivity contribution in [2.45, 2.75) is 19.5 Å². The van der Waals surface area contributed by atoms with E-state index in [0.29, 0.717) is 35.8 Å². The summed E-state index contributed by atoms with van der Waals surface area (Å²) in [6, 6.07) is 17.6. The van der Waals surface area contributed by atoms with Crippen molar-refractivity contribution in [3.63, 3.8) is 0 Å². The highest BCUT2D eigenvalue weighted by Crippen LogP contribution is 2.42. The summed E-state index contributed by atoms with van der Waals surface area (Å²) < 4.78 is 24.9. The van der Waals surface area contributed by atoms with E-state index in [1.807, 2.05) is 25.1 Å². The van der Waals surface area contributed by atoms with Gasteiger partial charge in [0.2, 0.25) is 18.6 Å². The number of hydrogen-bond donors (Lipinski definition) is 2. The quantitative estimate of drug-likeness (QED) is 0.572. The molecule has 184 valence electrons. The van der Waals surface area contributed by atoms with Crippen molar-refractivity contribution in [1.29, 1.82) is 0 Å². The Kier molecular flexibility index (Phi) is 5.49. The second-order valence-corrected chi connectivity index (χ2v) is 9.33. The zero-order chi connectivity index (χ0) is 24.8. The Morgan fingerprint density at radius 1 is 1.11 bits per heavy atom. The third-order valence-corrected chi connectivity index (χ3v) is 6.78. The number of benzene rings is 3. The van der Waals surface area contributed by atoms with E-state index in [-0.39, 0.29) is 31.0 Å². The predicted molar refractivity (Wildman–Crippen MR) is 131 cm³/mol. The van der Waals surface area contributed by atoms with Crippen LogP contribution in [0.1, 0.15) is 22.7 Å². The summed E-state index contributed by atoms with van der Waals surface area (Å²) in [7, 11) is 0. The molecule has 0 aromatic heterocycles. The molecular weight excluding hydrogens is 463 g/mol. The van der Waals surface area contributed by atoms with Crippen molar-refractivity contribution in [1.82, 2.24) is 10.4 Å². The molecular formula is C27H25FN4O4. The molecule has 0 spiro atoms. The Morgan fingerprint density at radius 2 is 1.97 bits per heavy atom. The molecule has 1 saturated heterocycles. The lowest BCUT2D eigenvalue weighted by Crippen LogP contribution is -2.41. The molecule has 0 aliphatic carbocycles. The van der Waals surface area contributed by atoms with E-state index >= 15 is 0 Å². The number of aryl methyl sites for hydroxylation is 1. The maximum atomic E-state index is 14.3. The van der Waals surface area contributed by atoms with Gasteiger partial charge in [0.15, 0.2) is 11.5 Å². The Bertz CT molecular complexity index is 1360. The molecule has 2 unspecified atom stereocenters. The second kappa shape index (κ2) is 8.83. The molecule has 3 aromatic carbocycles. The number of nitrogens with one attached hydrogen (secondary N) is 2. The van der Waals surface area contributed by atoms with E-state index in [1.165, 1.54) is 17.1 Å². The van der Waals surface area contributed by atoms with Crippen LogP contribution in [0, 0.1) is 18.7 Å². The van der Waals surface area contributed by atoms with Gasteiger partial charge in [0.1, 0.15) is 12.4 Å². The van der Waals surface area contributed by atoms with Gasteiger partial charge in [-0.15, -0.1) is 0 Å². The number of hydrazine groups is 1. The zero-order valence-electron chi connectivity index (χ0n) is 19.7. The fourth-order valence-corrected chi connectivity index (χ4v) is 5.15. The van der Waals surface area contributed by atoms with Crippen LogP contribution >= 0.6 is 0 Å². The molecule has 0 bridgehead atoms. The Hall–Kier alpha value is -4.11. The van der Waals surface area contributed by atoms with Crippen LogP contribution in [0.25, 0.3) is 0 Å². The van der Waals surface area contributed by atoms with Crippen LogP contribution in [0.15, 0.2) is 60.7 Å². The molecule has 2 amide bonds. The van der Waals surface area contributed by atoms with E-state index in [0.717, 1.165) is 16.8 Å². The van der Waals surface area contributed by atoms with Crippen molar-refractivity contribution < 1.29 is 23.5 Å². The number of fused-ring (bicyclic) bond motifs is 4. The summed E-state index contributed by atoms with van der Waals surface area (Å²) in [5.41, 5.74) is 7.57. The van der Waals surface area contributed by atoms with E-state index in [2.05, 4.69) is 21.7 Å². The van der Waals surface area contributed by atoms with Gasteiger partial charge in [0, 0.05) is 30.5 Å². The molecule has 0 radical (unpaired) electrons. The number of ether oxygens (including phenoxy) is 2. The standard InChI is InChI=1S/C27H25FN4O4/c1-16-3-2-4-17(9-16)12-31-13-21-26(20-10-18(28)5-7-22(20)31)30-32(27(21)34)14-25(33)29-19-6-8-23-24(11-19)36-15-35-23/h2-11,21,26,30H,12-15H2,1H3,(H,29,33). The van der Waals surface area contributed by atoms with Crippen LogP contribution in [0.2, 0.25) is 0 Å². The number of hydrogen-bond acceptors (Lipinski definition) is 6. The topological polar surface area (TPSA) is 83.1 Å².